The second kappa shape index (κ2) is 13.8. The molecule has 222 valence electrons. The maximum Gasteiger partial charge on any atom is 0.490 e. The van der Waals surface area contributed by atoms with E-state index in [1.807, 2.05) is 12.1 Å². The van der Waals surface area contributed by atoms with Crippen LogP contribution in [0, 0.1) is 11.3 Å². The number of aliphatic carboxylic acids is 1. The molecular formula is C27H32F3N5O5S. The number of piperidine rings is 1. The molecule has 14 heteroatoms. The van der Waals surface area contributed by atoms with E-state index < -0.39 is 22.0 Å². The minimum Gasteiger partial charge on any atom is -0.475 e. The zero-order valence-electron chi connectivity index (χ0n) is 22.5. The number of hydrogen-bond acceptors (Lipinski definition) is 7. The first-order valence-corrected chi connectivity index (χ1v) is 15.1. The van der Waals surface area contributed by atoms with Crippen LogP contribution < -0.4 is 5.32 Å². The molecular weight excluding hydrogens is 563 g/mol. The van der Waals surface area contributed by atoms with Crippen LogP contribution in [0.4, 0.5) is 18.9 Å². The number of imidazole rings is 1. The minimum absolute atomic E-state index is 0.116. The molecule has 0 radical (unpaired) electrons. The number of carbonyl (C=O) groups is 2. The number of carbonyl (C=O) groups excluding carboxylic acids is 1. The van der Waals surface area contributed by atoms with Crippen molar-refractivity contribution in [3.05, 3.63) is 53.1 Å². The molecule has 2 aliphatic rings. The highest BCUT2D eigenvalue weighted by Gasteiger charge is 2.38. The molecule has 0 unspecified atom stereocenters. The Morgan fingerprint density at radius 2 is 1.93 bits per heavy atom. The monoisotopic (exact) mass is 595 g/mol. The van der Waals surface area contributed by atoms with E-state index in [1.165, 1.54) is 30.0 Å². The van der Waals surface area contributed by atoms with Crippen LogP contribution in [-0.4, -0.2) is 78.1 Å². The fraction of sp³-hybridized carbons (Fsp3) is 0.481. The first kappa shape index (κ1) is 31.8. The number of amides is 1. The number of carboxylic acids is 1. The summed E-state index contributed by atoms with van der Waals surface area (Å²) in [7, 11) is -2.95. The van der Waals surface area contributed by atoms with Gasteiger partial charge in [0.1, 0.15) is 21.6 Å². The second-order valence-electron chi connectivity index (χ2n) is 10.0. The van der Waals surface area contributed by atoms with E-state index >= 15 is 0 Å². The van der Waals surface area contributed by atoms with Crippen LogP contribution >= 0.6 is 0 Å². The van der Waals surface area contributed by atoms with Crippen LogP contribution in [0.2, 0.25) is 0 Å². The average molecular weight is 596 g/mol. The van der Waals surface area contributed by atoms with Gasteiger partial charge in [0.05, 0.1) is 11.9 Å². The number of likely N-dealkylation sites (tertiary alicyclic amines) is 1. The van der Waals surface area contributed by atoms with Crippen molar-refractivity contribution in [3.63, 3.8) is 0 Å². The van der Waals surface area contributed by atoms with Crippen molar-refractivity contribution in [2.24, 2.45) is 0 Å². The molecule has 0 atom stereocenters. The summed E-state index contributed by atoms with van der Waals surface area (Å²) in [6.07, 6.45) is 6.12. The fourth-order valence-electron chi connectivity index (χ4n) is 4.73. The lowest BCUT2D eigenvalue weighted by atomic mass is 9.85. The van der Waals surface area contributed by atoms with E-state index in [-0.39, 0.29) is 23.2 Å². The molecule has 1 aromatic carbocycles. The fourth-order valence-corrected chi connectivity index (χ4v) is 5.32. The second-order valence-corrected chi connectivity index (χ2v) is 12.3. The van der Waals surface area contributed by atoms with E-state index in [2.05, 4.69) is 38.4 Å². The molecule has 3 N–H and O–H groups in total. The van der Waals surface area contributed by atoms with Crippen molar-refractivity contribution in [2.75, 3.05) is 37.0 Å². The number of aromatic nitrogens is 2. The lowest BCUT2D eigenvalue weighted by molar-refractivity contribution is -0.192. The molecule has 0 saturated carbocycles. The van der Waals surface area contributed by atoms with Gasteiger partial charge in [0.2, 0.25) is 0 Å². The van der Waals surface area contributed by atoms with E-state index in [9.17, 15) is 26.4 Å². The van der Waals surface area contributed by atoms with Crippen LogP contribution in [0.3, 0.4) is 0 Å². The minimum atomic E-state index is -5.08. The molecule has 1 amide bonds. The number of allylic oxidation sites excluding steroid dienone is 2. The number of nitrogens with one attached hydrogen (secondary N) is 2. The van der Waals surface area contributed by atoms with Gasteiger partial charge in [-0.25, -0.2) is 18.2 Å². The lowest BCUT2D eigenvalue weighted by Crippen LogP contribution is -2.36. The van der Waals surface area contributed by atoms with Crippen molar-refractivity contribution < 1.29 is 36.3 Å². The Labute approximate surface area is 236 Å². The number of sulfone groups is 1. The Hall–Kier alpha value is -3.70. The molecule has 1 saturated heterocycles. The van der Waals surface area contributed by atoms with Gasteiger partial charge in [-0.2, -0.15) is 18.4 Å². The van der Waals surface area contributed by atoms with Crippen molar-refractivity contribution in [1.82, 2.24) is 14.9 Å². The van der Waals surface area contributed by atoms with Crippen LogP contribution in [-0.2, 0) is 14.6 Å². The number of hydrogen-bond donors (Lipinski definition) is 3. The first-order valence-electron chi connectivity index (χ1n) is 13.1. The third-order valence-corrected chi connectivity index (χ3v) is 7.84. The highest BCUT2D eigenvalue weighted by atomic mass is 32.2. The average Bonchev–Trinajstić information content (AvgIpc) is 3.42. The van der Waals surface area contributed by atoms with Gasteiger partial charge in [-0.15, -0.1) is 0 Å². The van der Waals surface area contributed by atoms with Gasteiger partial charge in [-0.05, 0) is 80.8 Å². The molecule has 1 aromatic heterocycles. The Kier molecular flexibility index (Phi) is 10.7. The largest absolute Gasteiger partial charge is 0.490 e. The molecule has 2 aromatic rings. The zero-order valence-corrected chi connectivity index (χ0v) is 23.3. The molecule has 0 spiro atoms. The van der Waals surface area contributed by atoms with E-state index in [0.717, 1.165) is 56.4 Å². The van der Waals surface area contributed by atoms with Crippen LogP contribution in [0.5, 0.6) is 0 Å². The SMILES string of the molecule is CS(=O)(=O)CCN1CCC(c2ccc(NC(=O)c3ncc(C#N)[nH]3)c(C3=CCCCC3)c2)CC1.O=C(O)C(F)(F)F. The van der Waals surface area contributed by atoms with Crippen molar-refractivity contribution >= 4 is 33.0 Å². The van der Waals surface area contributed by atoms with Gasteiger partial charge in [0.15, 0.2) is 5.82 Å². The third kappa shape index (κ3) is 9.72. The number of benzene rings is 1. The van der Waals surface area contributed by atoms with Crippen molar-refractivity contribution in [1.29, 1.82) is 5.26 Å². The lowest BCUT2D eigenvalue weighted by Gasteiger charge is -2.32. The first-order chi connectivity index (χ1) is 19.3. The van der Waals surface area contributed by atoms with Gasteiger partial charge in [0, 0.05) is 24.1 Å². The number of alkyl halides is 3. The van der Waals surface area contributed by atoms with E-state index in [4.69, 9.17) is 15.2 Å². The van der Waals surface area contributed by atoms with Gasteiger partial charge in [-0.1, -0.05) is 12.1 Å². The zero-order chi connectivity index (χ0) is 30.2. The Morgan fingerprint density at radius 1 is 1.24 bits per heavy atom. The standard InChI is InChI=1S/C25H31N5O3S.C2HF3O2/c1-34(32,33)14-13-30-11-9-18(10-12-30)20-7-8-23(22(15-20)19-5-3-2-4-6-19)29-25(31)24-27-17-21(16-26)28-24;3-2(4,5)1(6)7/h5,7-8,15,17-18H,2-4,6,9-14H2,1H3,(H,27,28)(H,29,31);(H,6,7). The maximum atomic E-state index is 12.8. The molecule has 0 bridgehead atoms. The van der Waals surface area contributed by atoms with Crippen molar-refractivity contribution in [3.8, 4) is 6.07 Å². The normalized spacial score (nSPS) is 16.6. The highest BCUT2D eigenvalue weighted by Crippen LogP contribution is 2.36. The molecule has 41 heavy (non-hydrogen) atoms. The number of nitrogens with zero attached hydrogens (tertiary/aromatic N) is 3. The number of rotatable bonds is 7. The van der Waals surface area contributed by atoms with E-state index in [1.54, 1.807) is 0 Å². The number of halogens is 3. The summed E-state index contributed by atoms with van der Waals surface area (Å²) >= 11 is 0. The van der Waals surface area contributed by atoms with Gasteiger partial charge in [0.25, 0.3) is 5.91 Å². The number of anilines is 1. The summed E-state index contributed by atoms with van der Waals surface area (Å²) in [5, 5.41) is 19.1. The number of aromatic amines is 1. The van der Waals surface area contributed by atoms with Crippen LogP contribution in [0.25, 0.3) is 5.57 Å². The predicted octanol–water partition coefficient (Wildman–Crippen LogP) is 4.35. The third-order valence-electron chi connectivity index (χ3n) is 6.92. The quantitative estimate of drug-likeness (QED) is 0.427. The van der Waals surface area contributed by atoms with Crippen LogP contribution in [0.15, 0.2) is 30.5 Å². The Morgan fingerprint density at radius 3 is 2.46 bits per heavy atom. The number of carboxylic acid groups (broad SMARTS) is 1. The summed E-state index contributed by atoms with van der Waals surface area (Å²) < 4.78 is 54.7. The summed E-state index contributed by atoms with van der Waals surface area (Å²) in [4.78, 5) is 30.6. The highest BCUT2D eigenvalue weighted by molar-refractivity contribution is 7.90. The topological polar surface area (TPSA) is 156 Å². The summed E-state index contributed by atoms with van der Waals surface area (Å²) in [6.45, 7) is 2.36. The number of H-pyrrole nitrogens is 1. The summed E-state index contributed by atoms with van der Waals surface area (Å²) in [5.74, 6) is -2.40. The molecule has 1 aliphatic heterocycles. The van der Waals surface area contributed by atoms with Crippen molar-refractivity contribution in [2.45, 2.75) is 50.6 Å². The molecule has 10 nitrogen and oxygen atoms in total. The smallest absolute Gasteiger partial charge is 0.475 e. The van der Waals surface area contributed by atoms with Gasteiger partial charge >= 0.3 is 12.1 Å². The summed E-state index contributed by atoms with van der Waals surface area (Å²) in [5.41, 5.74) is 4.57. The predicted molar refractivity (Wildman–Crippen MR) is 146 cm³/mol. The van der Waals surface area contributed by atoms with Crippen LogP contribution in [0.1, 0.15) is 71.9 Å². The molecule has 1 fully saturated rings. The van der Waals surface area contributed by atoms with Gasteiger partial charge < -0.3 is 20.3 Å². The number of nitriles is 1. The molecule has 4 rings (SSSR count). The van der Waals surface area contributed by atoms with Gasteiger partial charge in [-0.3, -0.25) is 4.79 Å². The summed E-state index contributed by atoms with van der Waals surface area (Å²) in [6, 6.07) is 8.23. The maximum absolute atomic E-state index is 12.8. The Bertz CT molecular complexity index is 1420. The Balaban J connectivity index is 0.000000587. The molecule has 1 aliphatic carbocycles. The van der Waals surface area contributed by atoms with E-state index in [0.29, 0.717) is 12.5 Å². The molecule has 2 heterocycles.